The molecule has 0 unspecified atom stereocenters. The molecule has 20 heavy (non-hydrogen) atoms. The largest absolute Gasteiger partial charge is 0.313 e. The first-order valence-electron chi connectivity index (χ1n) is 7.66. The van der Waals surface area contributed by atoms with E-state index >= 15 is 0 Å². The van der Waals surface area contributed by atoms with E-state index in [1.54, 1.807) is 0 Å². The van der Waals surface area contributed by atoms with Crippen molar-refractivity contribution in [3.8, 4) is 0 Å². The maximum atomic E-state index is 4.43. The molecule has 0 radical (unpaired) electrons. The molecule has 0 amide bonds. The van der Waals surface area contributed by atoms with Crippen molar-refractivity contribution in [2.24, 2.45) is 5.92 Å². The maximum Gasteiger partial charge on any atom is 0.0659 e. The smallest absolute Gasteiger partial charge is 0.0659 e. The van der Waals surface area contributed by atoms with Crippen LogP contribution in [-0.2, 0) is 13.1 Å². The zero-order valence-corrected chi connectivity index (χ0v) is 12.0. The summed E-state index contributed by atoms with van der Waals surface area (Å²) in [5.74, 6) is 0.989. The van der Waals surface area contributed by atoms with Gasteiger partial charge in [0.2, 0.25) is 0 Å². The average Bonchev–Trinajstić information content (AvgIpc) is 2.85. The lowest BCUT2D eigenvalue weighted by atomic mass is 9.83. The van der Waals surface area contributed by atoms with Gasteiger partial charge in [0.25, 0.3) is 0 Å². The van der Waals surface area contributed by atoms with Crippen molar-refractivity contribution in [1.82, 2.24) is 15.1 Å². The van der Waals surface area contributed by atoms with Crippen molar-refractivity contribution in [1.29, 1.82) is 0 Å². The molecule has 0 aliphatic heterocycles. The number of benzene rings is 1. The Kier molecular flexibility index (Phi) is 4.49. The molecule has 0 saturated heterocycles. The molecule has 106 valence electrons. The average molecular weight is 269 g/mol. The van der Waals surface area contributed by atoms with Gasteiger partial charge in [0.15, 0.2) is 0 Å². The number of hydrogen-bond donors (Lipinski definition) is 1. The van der Waals surface area contributed by atoms with Gasteiger partial charge in [0, 0.05) is 18.3 Å². The maximum absolute atomic E-state index is 4.43. The van der Waals surface area contributed by atoms with Gasteiger partial charge >= 0.3 is 0 Å². The van der Waals surface area contributed by atoms with Crippen LogP contribution in [0.1, 0.15) is 36.8 Å². The zero-order chi connectivity index (χ0) is 13.6. The van der Waals surface area contributed by atoms with Crippen molar-refractivity contribution in [3.63, 3.8) is 0 Å². The second kappa shape index (κ2) is 6.71. The Bertz CT molecular complexity index is 514. The minimum atomic E-state index is 0.850. The second-order valence-corrected chi connectivity index (χ2v) is 5.79. The standard InChI is InChI=1S/C17H23N3/c1-2-5-16(6-3-1)13-20-14-17(12-19-20)11-18-10-9-15-7-4-8-15/h1-3,5-6,12,14-15,18H,4,7-11,13H2. The van der Waals surface area contributed by atoms with Gasteiger partial charge in [-0.2, -0.15) is 5.10 Å². The van der Waals surface area contributed by atoms with Crippen LogP contribution in [0.3, 0.4) is 0 Å². The quantitative estimate of drug-likeness (QED) is 0.782. The van der Waals surface area contributed by atoms with Gasteiger partial charge in [0.05, 0.1) is 12.7 Å². The highest BCUT2D eigenvalue weighted by Gasteiger charge is 2.16. The summed E-state index contributed by atoms with van der Waals surface area (Å²) >= 11 is 0. The minimum Gasteiger partial charge on any atom is -0.313 e. The molecule has 2 aromatic rings. The molecular weight excluding hydrogens is 246 g/mol. The van der Waals surface area contributed by atoms with Crippen LogP contribution in [0.15, 0.2) is 42.7 Å². The Labute approximate surface area is 121 Å². The van der Waals surface area contributed by atoms with Crippen LogP contribution in [0, 0.1) is 5.92 Å². The summed E-state index contributed by atoms with van der Waals surface area (Å²) in [5, 5.41) is 7.95. The fourth-order valence-electron chi connectivity index (χ4n) is 2.68. The van der Waals surface area contributed by atoms with Gasteiger partial charge in [-0.25, -0.2) is 0 Å². The number of aromatic nitrogens is 2. The van der Waals surface area contributed by atoms with Crippen LogP contribution in [0.5, 0.6) is 0 Å². The first-order chi connectivity index (χ1) is 9.90. The Morgan fingerprint density at radius 2 is 2.00 bits per heavy atom. The molecule has 1 N–H and O–H groups in total. The van der Waals surface area contributed by atoms with Crippen LogP contribution in [0.4, 0.5) is 0 Å². The summed E-state index contributed by atoms with van der Waals surface area (Å²) in [5.41, 5.74) is 2.56. The third-order valence-electron chi connectivity index (χ3n) is 4.16. The van der Waals surface area contributed by atoms with Crippen LogP contribution >= 0.6 is 0 Å². The van der Waals surface area contributed by atoms with E-state index < -0.39 is 0 Å². The summed E-state index contributed by atoms with van der Waals surface area (Å²) in [6.07, 6.45) is 9.77. The molecule has 1 aromatic carbocycles. The van der Waals surface area contributed by atoms with E-state index in [9.17, 15) is 0 Å². The fraction of sp³-hybridized carbons (Fsp3) is 0.471. The molecule has 1 heterocycles. The molecule has 1 aliphatic carbocycles. The summed E-state index contributed by atoms with van der Waals surface area (Å²) in [4.78, 5) is 0. The lowest BCUT2D eigenvalue weighted by Gasteiger charge is -2.25. The van der Waals surface area contributed by atoms with Crippen molar-refractivity contribution < 1.29 is 0 Å². The molecule has 3 heteroatoms. The number of rotatable bonds is 7. The third-order valence-corrected chi connectivity index (χ3v) is 4.16. The Hall–Kier alpha value is -1.61. The molecule has 1 aliphatic rings. The van der Waals surface area contributed by atoms with Gasteiger partial charge in [-0.15, -0.1) is 0 Å². The summed E-state index contributed by atoms with van der Waals surface area (Å²) in [6, 6.07) is 10.5. The van der Waals surface area contributed by atoms with Crippen LogP contribution in [-0.4, -0.2) is 16.3 Å². The summed E-state index contributed by atoms with van der Waals surface area (Å²) in [6.45, 7) is 2.92. The summed E-state index contributed by atoms with van der Waals surface area (Å²) in [7, 11) is 0. The Balaban J connectivity index is 1.42. The molecule has 1 fully saturated rings. The summed E-state index contributed by atoms with van der Waals surface area (Å²) < 4.78 is 2.01. The highest BCUT2D eigenvalue weighted by atomic mass is 15.3. The van der Waals surface area contributed by atoms with Crippen molar-refractivity contribution in [2.75, 3.05) is 6.54 Å². The Morgan fingerprint density at radius 1 is 1.15 bits per heavy atom. The molecule has 3 rings (SSSR count). The van der Waals surface area contributed by atoms with E-state index in [-0.39, 0.29) is 0 Å². The topological polar surface area (TPSA) is 29.9 Å². The molecule has 0 bridgehead atoms. The van der Waals surface area contributed by atoms with Crippen molar-refractivity contribution >= 4 is 0 Å². The molecule has 0 atom stereocenters. The van der Waals surface area contributed by atoms with Crippen LogP contribution in [0.2, 0.25) is 0 Å². The van der Waals surface area contributed by atoms with Crippen LogP contribution < -0.4 is 5.32 Å². The fourth-order valence-corrected chi connectivity index (χ4v) is 2.68. The zero-order valence-electron chi connectivity index (χ0n) is 12.0. The van der Waals surface area contributed by atoms with Crippen molar-refractivity contribution in [2.45, 2.75) is 38.8 Å². The Morgan fingerprint density at radius 3 is 2.75 bits per heavy atom. The lowest BCUT2D eigenvalue weighted by Crippen LogP contribution is -2.20. The van der Waals surface area contributed by atoms with E-state index in [2.05, 4.69) is 40.9 Å². The number of nitrogens with one attached hydrogen (secondary N) is 1. The normalized spacial score (nSPS) is 15.2. The minimum absolute atomic E-state index is 0.850. The third kappa shape index (κ3) is 3.70. The first kappa shape index (κ1) is 13.4. The molecule has 1 aromatic heterocycles. The van der Waals surface area contributed by atoms with E-state index in [0.717, 1.165) is 25.6 Å². The lowest BCUT2D eigenvalue weighted by molar-refractivity contribution is 0.292. The van der Waals surface area contributed by atoms with E-state index in [1.807, 2.05) is 16.9 Å². The number of nitrogens with zero attached hydrogens (tertiary/aromatic N) is 2. The van der Waals surface area contributed by atoms with Gasteiger partial charge in [0.1, 0.15) is 0 Å². The van der Waals surface area contributed by atoms with Gasteiger partial charge in [-0.05, 0) is 24.4 Å². The highest BCUT2D eigenvalue weighted by Crippen LogP contribution is 2.28. The predicted molar refractivity (Wildman–Crippen MR) is 81.4 cm³/mol. The van der Waals surface area contributed by atoms with E-state index in [4.69, 9.17) is 0 Å². The van der Waals surface area contributed by atoms with E-state index in [1.165, 1.54) is 36.8 Å². The highest BCUT2D eigenvalue weighted by molar-refractivity contribution is 5.15. The predicted octanol–water partition coefficient (Wildman–Crippen LogP) is 3.21. The van der Waals surface area contributed by atoms with Crippen LogP contribution in [0.25, 0.3) is 0 Å². The first-order valence-corrected chi connectivity index (χ1v) is 7.66. The van der Waals surface area contributed by atoms with Gasteiger partial charge < -0.3 is 5.32 Å². The molecule has 3 nitrogen and oxygen atoms in total. The SMILES string of the molecule is c1ccc(Cn2cc(CNCCC3CCC3)cn2)cc1. The van der Waals surface area contributed by atoms with E-state index in [0.29, 0.717) is 0 Å². The molecular formula is C17H23N3. The van der Waals surface area contributed by atoms with Gasteiger partial charge in [-0.3, -0.25) is 4.68 Å². The number of hydrogen-bond acceptors (Lipinski definition) is 2. The molecule has 1 saturated carbocycles. The monoisotopic (exact) mass is 269 g/mol. The molecule has 0 spiro atoms. The van der Waals surface area contributed by atoms with Gasteiger partial charge in [-0.1, -0.05) is 49.6 Å². The second-order valence-electron chi connectivity index (χ2n) is 5.79. The van der Waals surface area contributed by atoms with Crippen molar-refractivity contribution in [3.05, 3.63) is 53.9 Å².